The number of alkyl halides is 3. The van der Waals surface area contributed by atoms with E-state index in [0.29, 0.717) is 6.07 Å². The molecule has 15 heteroatoms. The lowest BCUT2D eigenvalue weighted by molar-refractivity contribution is -0.137. The molecule has 0 spiro atoms. The standard InChI is InChI=1S/C20H9Cl2F4N3O5S/c21-8-5-14(29-35(32,33)9-1-2-11(22)10(6-9)20(24,25)26)16(27-7-8)17(30)15-12(23)3-4-13-18(15)34-19(31)28-13/h1-7,29H,(H,28,31). The third-order valence-corrected chi connectivity index (χ3v) is 6.53. The molecule has 4 aromatic rings. The maximum Gasteiger partial charge on any atom is 0.417 e. The number of sulfonamides is 1. The van der Waals surface area contributed by atoms with Crippen molar-refractivity contribution in [2.45, 2.75) is 11.1 Å². The Morgan fingerprint density at radius 1 is 1.11 bits per heavy atom. The summed E-state index contributed by atoms with van der Waals surface area (Å²) in [4.78, 5) is 29.8. The van der Waals surface area contributed by atoms with Crippen LogP contribution in [0, 0.1) is 5.82 Å². The van der Waals surface area contributed by atoms with Crippen LogP contribution in [0.25, 0.3) is 11.1 Å². The SMILES string of the molecule is O=C(c1ncc(Cl)cc1NS(=O)(=O)c1ccc(Cl)c(C(F)(F)F)c1)c1c(F)ccc2[nH]c(=O)oc12. The average Bonchev–Trinajstić information content (AvgIpc) is 3.12. The number of nitrogens with zero attached hydrogens (tertiary/aromatic N) is 1. The zero-order valence-corrected chi connectivity index (χ0v) is 19.0. The summed E-state index contributed by atoms with van der Waals surface area (Å²) in [5.41, 5.74) is -3.84. The van der Waals surface area contributed by atoms with Crippen LogP contribution in [0.3, 0.4) is 0 Å². The number of halogens is 6. The van der Waals surface area contributed by atoms with Crippen molar-refractivity contribution in [3.63, 3.8) is 0 Å². The number of carbonyl (C=O) groups excluding carboxylic acids is 1. The maximum absolute atomic E-state index is 14.6. The predicted octanol–water partition coefficient (Wildman–Crippen LogP) is 5.01. The van der Waals surface area contributed by atoms with Crippen molar-refractivity contribution in [1.82, 2.24) is 9.97 Å². The van der Waals surface area contributed by atoms with E-state index in [-0.39, 0.29) is 10.5 Å². The molecular weight excluding hydrogens is 541 g/mol. The van der Waals surface area contributed by atoms with Crippen molar-refractivity contribution in [3.8, 4) is 0 Å². The number of fused-ring (bicyclic) bond motifs is 1. The van der Waals surface area contributed by atoms with Crippen molar-refractivity contribution < 1.29 is 35.2 Å². The summed E-state index contributed by atoms with van der Waals surface area (Å²) < 4.78 is 86.6. The number of carbonyl (C=O) groups is 1. The molecule has 0 bridgehead atoms. The first-order chi connectivity index (χ1) is 16.3. The number of aromatic nitrogens is 2. The Hall–Kier alpha value is -3.42. The number of oxazole rings is 1. The molecule has 2 N–H and O–H groups in total. The van der Waals surface area contributed by atoms with Gasteiger partial charge in [-0.15, -0.1) is 0 Å². The maximum atomic E-state index is 14.6. The van der Waals surface area contributed by atoms with Gasteiger partial charge in [-0.05, 0) is 36.4 Å². The summed E-state index contributed by atoms with van der Waals surface area (Å²) >= 11 is 11.4. The molecule has 0 aliphatic rings. The molecule has 182 valence electrons. The lowest BCUT2D eigenvalue weighted by atomic mass is 10.0. The van der Waals surface area contributed by atoms with E-state index in [0.717, 1.165) is 36.5 Å². The second-order valence-electron chi connectivity index (χ2n) is 6.94. The quantitative estimate of drug-likeness (QED) is 0.266. The Bertz CT molecular complexity index is 1670. The van der Waals surface area contributed by atoms with Crippen LogP contribution in [0.1, 0.15) is 21.6 Å². The molecule has 35 heavy (non-hydrogen) atoms. The predicted molar refractivity (Wildman–Crippen MR) is 117 cm³/mol. The van der Waals surface area contributed by atoms with Crippen molar-refractivity contribution in [2.75, 3.05) is 4.72 Å². The fraction of sp³-hybridized carbons (Fsp3) is 0.0500. The van der Waals surface area contributed by atoms with Crippen LogP contribution in [0.4, 0.5) is 23.2 Å². The van der Waals surface area contributed by atoms with Crippen molar-refractivity contribution in [1.29, 1.82) is 0 Å². The fourth-order valence-electron chi connectivity index (χ4n) is 3.11. The lowest BCUT2D eigenvalue weighted by Gasteiger charge is -2.14. The first-order valence-corrected chi connectivity index (χ1v) is 11.4. The third-order valence-electron chi connectivity index (χ3n) is 4.63. The van der Waals surface area contributed by atoms with E-state index in [4.69, 9.17) is 27.6 Å². The fourth-order valence-corrected chi connectivity index (χ4v) is 4.58. The molecule has 4 rings (SSSR count). The van der Waals surface area contributed by atoms with E-state index in [9.17, 15) is 35.6 Å². The molecule has 2 heterocycles. The highest BCUT2D eigenvalue weighted by Gasteiger charge is 2.35. The Morgan fingerprint density at radius 3 is 2.51 bits per heavy atom. The highest BCUT2D eigenvalue weighted by atomic mass is 35.5. The van der Waals surface area contributed by atoms with Gasteiger partial charge in [0.05, 0.1) is 31.7 Å². The number of hydrogen-bond donors (Lipinski definition) is 2. The van der Waals surface area contributed by atoms with Crippen LogP contribution in [0.2, 0.25) is 10.0 Å². The second-order valence-corrected chi connectivity index (χ2v) is 9.46. The molecule has 8 nitrogen and oxygen atoms in total. The Balaban J connectivity index is 1.82. The molecule has 2 aromatic carbocycles. The minimum Gasteiger partial charge on any atom is -0.407 e. The summed E-state index contributed by atoms with van der Waals surface area (Å²) in [6.07, 6.45) is -3.99. The van der Waals surface area contributed by atoms with Crippen LogP contribution in [0.5, 0.6) is 0 Å². The minimum atomic E-state index is -4.95. The Labute approximate surface area is 202 Å². The molecule has 0 aliphatic heterocycles. The molecule has 0 amide bonds. The monoisotopic (exact) mass is 549 g/mol. The number of rotatable bonds is 5. The molecule has 0 unspecified atom stereocenters. The molecule has 0 saturated heterocycles. The molecule has 0 fully saturated rings. The third kappa shape index (κ3) is 4.74. The van der Waals surface area contributed by atoms with Crippen LogP contribution in [-0.4, -0.2) is 24.2 Å². The van der Waals surface area contributed by atoms with E-state index in [1.165, 1.54) is 0 Å². The van der Waals surface area contributed by atoms with Crippen LogP contribution >= 0.6 is 23.2 Å². The van der Waals surface area contributed by atoms with Gasteiger partial charge in [0.1, 0.15) is 17.1 Å². The van der Waals surface area contributed by atoms with Crippen molar-refractivity contribution in [2.24, 2.45) is 0 Å². The first-order valence-electron chi connectivity index (χ1n) is 9.19. The summed E-state index contributed by atoms with van der Waals surface area (Å²) in [5, 5.41) is -0.883. The molecule has 0 radical (unpaired) electrons. The number of aromatic amines is 1. The molecule has 0 atom stereocenters. The smallest absolute Gasteiger partial charge is 0.407 e. The van der Waals surface area contributed by atoms with Crippen LogP contribution < -0.4 is 10.5 Å². The van der Waals surface area contributed by atoms with Gasteiger partial charge in [0, 0.05) is 6.20 Å². The Morgan fingerprint density at radius 2 is 1.83 bits per heavy atom. The van der Waals surface area contributed by atoms with Gasteiger partial charge >= 0.3 is 11.9 Å². The highest BCUT2D eigenvalue weighted by molar-refractivity contribution is 7.92. The summed E-state index contributed by atoms with van der Waals surface area (Å²) in [7, 11) is -4.75. The van der Waals surface area contributed by atoms with Gasteiger partial charge in [0.25, 0.3) is 10.0 Å². The molecule has 0 saturated carbocycles. The van der Waals surface area contributed by atoms with E-state index >= 15 is 0 Å². The van der Waals surface area contributed by atoms with Crippen molar-refractivity contribution in [3.05, 3.63) is 85.8 Å². The number of benzene rings is 2. The van der Waals surface area contributed by atoms with Gasteiger partial charge in [-0.2, -0.15) is 13.2 Å². The van der Waals surface area contributed by atoms with Gasteiger partial charge < -0.3 is 4.42 Å². The first kappa shape index (κ1) is 24.7. The summed E-state index contributed by atoms with van der Waals surface area (Å²) in [6, 6.07) is 4.82. The second kappa shape index (κ2) is 8.66. The molecule has 2 aromatic heterocycles. The molecular formula is C20H9Cl2F4N3O5S. The number of hydrogen-bond acceptors (Lipinski definition) is 6. The van der Waals surface area contributed by atoms with E-state index in [1.54, 1.807) is 0 Å². The molecule has 0 aliphatic carbocycles. The Kier molecular flexibility index (Phi) is 6.11. The van der Waals surface area contributed by atoms with E-state index in [2.05, 4.69) is 9.97 Å². The van der Waals surface area contributed by atoms with Gasteiger partial charge in [-0.1, -0.05) is 23.2 Å². The topological polar surface area (TPSA) is 122 Å². The number of nitrogens with one attached hydrogen (secondary N) is 2. The van der Waals surface area contributed by atoms with Gasteiger partial charge in [-0.25, -0.2) is 22.6 Å². The summed E-state index contributed by atoms with van der Waals surface area (Å²) in [5.74, 6) is -3.28. The zero-order chi connectivity index (χ0) is 25.7. The van der Waals surface area contributed by atoms with Crippen LogP contribution in [0.15, 0.2) is 56.7 Å². The normalized spacial score (nSPS) is 12.2. The van der Waals surface area contributed by atoms with Gasteiger partial charge in [0.15, 0.2) is 5.58 Å². The highest BCUT2D eigenvalue weighted by Crippen LogP contribution is 2.36. The number of pyridine rings is 1. The van der Waals surface area contributed by atoms with E-state index < -0.39 is 71.6 Å². The van der Waals surface area contributed by atoms with Gasteiger partial charge in [-0.3, -0.25) is 14.5 Å². The van der Waals surface area contributed by atoms with E-state index in [1.807, 2.05) is 4.72 Å². The zero-order valence-electron chi connectivity index (χ0n) is 16.7. The number of anilines is 1. The van der Waals surface area contributed by atoms with Crippen molar-refractivity contribution >= 4 is 55.8 Å². The van der Waals surface area contributed by atoms with Crippen LogP contribution in [-0.2, 0) is 16.2 Å². The average molecular weight is 550 g/mol. The van der Waals surface area contributed by atoms with Gasteiger partial charge in [0.2, 0.25) is 5.78 Å². The number of ketones is 1. The number of H-pyrrole nitrogens is 1. The lowest BCUT2D eigenvalue weighted by Crippen LogP contribution is -2.18. The summed E-state index contributed by atoms with van der Waals surface area (Å²) in [6.45, 7) is 0. The largest absolute Gasteiger partial charge is 0.417 e. The minimum absolute atomic E-state index is 0.0170.